The predicted molar refractivity (Wildman–Crippen MR) is 62.1 cm³/mol. The van der Waals surface area contributed by atoms with Gasteiger partial charge in [0.05, 0.1) is 0 Å². The maximum Gasteiger partial charge on any atom is 0.326 e. The lowest BCUT2D eigenvalue weighted by molar-refractivity contribution is -0.138. The maximum absolute atomic E-state index is 11.1. The van der Waals surface area contributed by atoms with Gasteiger partial charge in [-0.3, -0.25) is 4.79 Å². The van der Waals surface area contributed by atoms with E-state index in [1.807, 2.05) is 0 Å². The molecule has 1 amide bonds. The Bertz CT molecular complexity index is 438. The zero-order valence-corrected chi connectivity index (χ0v) is 9.79. The Morgan fingerprint density at radius 2 is 2.17 bits per heavy atom. The molecule has 0 bridgehead atoms. The normalized spacial score (nSPS) is 11.8. The zero-order chi connectivity index (χ0) is 13.5. The van der Waals surface area contributed by atoms with E-state index >= 15 is 0 Å². The van der Waals surface area contributed by atoms with Crippen LogP contribution in [0.25, 0.3) is 0 Å². The summed E-state index contributed by atoms with van der Waals surface area (Å²) >= 11 is 0. The van der Waals surface area contributed by atoms with Crippen LogP contribution in [0.3, 0.4) is 0 Å². The number of nitrogens with two attached hydrogens (primary N) is 1. The third kappa shape index (κ3) is 3.67. The van der Waals surface area contributed by atoms with Crippen molar-refractivity contribution in [3.63, 3.8) is 0 Å². The Labute approximate surface area is 103 Å². The molecule has 0 aromatic carbocycles. The van der Waals surface area contributed by atoms with E-state index in [1.54, 1.807) is 0 Å². The number of rotatable bonds is 7. The van der Waals surface area contributed by atoms with Crippen LogP contribution in [0.5, 0.6) is 0 Å². The van der Waals surface area contributed by atoms with E-state index in [1.165, 1.54) is 19.5 Å². The van der Waals surface area contributed by atoms with Crippen molar-refractivity contribution in [3.05, 3.63) is 18.1 Å². The summed E-state index contributed by atoms with van der Waals surface area (Å²) in [7, 11) is 1.47. The molecule has 0 aliphatic heterocycles. The Balaban J connectivity index is 2.86. The minimum Gasteiger partial charge on any atom is -0.480 e. The second kappa shape index (κ2) is 6.50. The van der Waals surface area contributed by atoms with E-state index < -0.39 is 17.9 Å². The average molecular weight is 254 g/mol. The van der Waals surface area contributed by atoms with Gasteiger partial charge in [-0.2, -0.15) is 0 Å². The summed E-state index contributed by atoms with van der Waals surface area (Å²) in [4.78, 5) is 29.7. The number of carboxylic acids is 1. The van der Waals surface area contributed by atoms with Gasteiger partial charge in [-0.05, 0) is 0 Å². The Morgan fingerprint density at radius 1 is 1.50 bits per heavy atom. The summed E-state index contributed by atoms with van der Waals surface area (Å²) in [6, 6.07) is -0.931. The summed E-state index contributed by atoms with van der Waals surface area (Å²) in [6.45, 7) is 0.260. The van der Waals surface area contributed by atoms with Crippen LogP contribution in [-0.4, -0.2) is 46.7 Å². The summed E-state index contributed by atoms with van der Waals surface area (Å²) in [5.74, 6) is -1.80. The molecule has 98 valence electrons. The van der Waals surface area contributed by atoms with Gasteiger partial charge < -0.3 is 20.9 Å². The lowest BCUT2D eigenvalue weighted by Crippen LogP contribution is -2.32. The molecular formula is C10H14N4O4. The molecule has 0 saturated heterocycles. The maximum atomic E-state index is 11.1. The topological polar surface area (TPSA) is 127 Å². The molecule has 1 unspecified atom stereocenters. The number of nitrogens with one attached hydrogen (secondary N) is 1. The quantitative estimate of drug-likeness (QED) is 0.597. The van der Waals surface area contributed by atoms with Crippen LogP contribution in [-0.2, 0) is 9.53 Å². The molecule has 0 aliphatic rings. The van der Waals surface area contributed by atoms with Gasteiger partial charge in [-0.1, -0.05) is 0 Å². The van der Waals surface area contributed by atoms with Crippen molar-refractivity contribution in [2.45, 2.75) is 12.5 Å². The van der Waals surface area contributed by atoms with E-state index in [-0.39, 0.29) is 24.5 Å². The van der Waals surface area contributed by atoms with Crippen LogP contribution in [0.2, 0.25) is 0 Å². The number of primary amides is 1. The van der Waals surface area contributed by atoms with Gasteiger partial charge >= 0.3 is 5.97 Å². The third-order valence-electron chi connectivity index (χ3n) is 2.15. The average Bonchev–Trinajstić information content (AvgIpc) is 2.34. The number of ether oxygens (including phenoxy) is 1. The fraction of sp³-hybridized carbons (Fsp3) is 0.400. The number of aliphatic carboxylic acids is 1. The van der Waals surface area contributed by atoms with Gasteiger partial charge in [0.25, 0.3) is 5.91 Å². The number of nitrogens with zero attached hydrogens (tertiary/aromatic N) is 2. The van der Waals surface area contributed by atoms with Gasteiger partial charge in [-0.15, -0.1) is 0 Å². The number of hydrogen-bond donors (Lipinski definition) is 3. The highest BCUT2D eigenvalue weighted by Crippen LogP contribution is 2.10. The molecule has 4 N–H and O–H groups in total. The first-order valence-corrected chi connectivity index (χ1v) is 5.15. The van der Waals surface area contributed by atoms with Crippen molar-refractivity contribution in [3.8, 4) is 0 Å². The summed E-state index contributed by atoms with van der Waals surface area (Å²) in [5, 5.41) is 11.6. The molecule has 0 saturated carbocycles. The molecule has 1 rings (SSSR count). The molecule has 0 spiro atoms. The minimum absolute atomic E-state index is 0.0495. The van der Waals surface area contributed by atoms with Crippen LogP contribution in [0.1, 0.15) is 16.9 Å². The van der Waals surface area contributed by atoms with Crippen molar-refractivity contribution in [1.29, 1.82) is 0 Å². The highest BCUT2D eigenvalue weighted by molar-refractivity contribution is 5.95. The van der Waals surface area contributed by atoms with Crippen LogP contribution >= 0.6 is 0 Å². The fourth-order valence-electron chi connectivity index (χ4n) is 1.28. The Hall–Kier alpha value is -2.22. The van der Waals surface area contributed by atoms with Crippen LogP contribution in [0.15, 0.2) is 12.4 Å². The lowest BCUT2D eigenvalue weighted by Gasteiger charge is -2.15. The molecule has 8 heteroatoms. The number of amides is 1. The van der Waals surface area contributed by atoms with Gasteiger partial charge in [0.15, 0.2) is 11.5 Å². The number of carboxylic acid groups (broad SMARTS) is 1. The Kier molecular flexibility index (Phi) is 5.00. The van der Waals surface area contributed by atoms with Crippen molar-refractivity contribution in [2.24, 2.45) is 5.73 Å². The summed E-state index contributed by atoms with van der Waals surface area (Å²) < 4.78 is 4.81. The van der Waals surface area contributed by atoms with Crippen LogP contribution in [0, 0.1) is 0 Å². The van der Waals surface area contributed by atoms with Crippen molar-refractivity contribution >= 4 is 17.7 Å². The van der Waals surface area contributed by atoms with Gasteiger partial charge in [0, 0.05) is 32.5 Å². The SMILES string of the molecule is COCCC(Nc1nccnc1C(N)=O)C(=O)O. The number of carbonyl (C=O) groups excluding carboxylic acids is 1. The van der Waals surface area contributed by atoms with Crippen molar-refractivity contribution in [1.82, 2.24) is 9.97 Å². The number of carbonyl (C=O) groups is 2. The molecule has 1 aromatic rings. The van der Waals surface area contributed by atoms with E-state index in [0.29, 0.717) is 0 Å². The summed E-state index contributed by atoms with van der Waals surface area (Å²) in [5.41, 5.74) is 5.02. The monoisotopic (exact) mass is 254 g/mol. The van der Waals surface area contributed by atoms with E-state index in [9.17, 15) is 9.59 Å². The molecule has 1 atom stereocenters. The number of hydrogen-bond acceptors (Lipinski definition) is 6. The van der Waals surface area contributed by atoms with Crippen LogP contribution < -0.4 is 11.1 Å². The van der Waals surface area contributed by atoms with Crippen molar-refractivity contribution in [2.75, 3.05) is 19.0 Å². The van der Waals surface area contributed by atoms with Crippen molar-refractivity contribution < 1.29 is 19.4 Å². The Morgan fingerprint density at radius 3 is 2.72 bits per heavy atom. The first kappa shape index (κ1) is 13.8. The smallest absolute Gasteiger partial charge is 0.326 e. The molecule has 0 aliphatic carbocycles. The van der Waals surface area contributed by atoms with E-state index in [0.717, 1.165) is 0 Å². The van der Waals surface area contributed by atoms with E-state index in [2.05, 4.69) is 15.3 Å². The van der Waals surface area contributed by atoms with Crippen LogP contribution in [0.4, 0.5) is 5.82 Å². The number of methoxy groups -OCH3 is 1. The standard InChI is InChI=1S/C10H14N4O4/c1-18-5-2-6(10(16)17)14-9-7(8(11)15)12-3-4-13-9/h3-4,6H,2,5H2,1H3,(H2,11,15)(H,13,14)(H,16,17). The number of anilines is 1. The van der Waals surface area contributed by atoms with Gasteiger partial charge in [-0.25, -0.2) is 14.8 Å². The first-order chi connectivity index (χ1) is 8.56. The zero-order valence-electron chi connectivity index (χ0n) is 9.79. The highest BCUT2D eigenvalue weighted by Gasteiger charge is 2.20. The molecule has 18 heavy (non-hydrogen) atoms. The molecule has 8 nitrogen and oxygen atoms in total. The fourth-order valence-corrected chi connectivity index (χ4v) is 1.28. The van der Waals surface area contributed by atoms with Gasteiger partial charge in [0.2, 0.25) is 0 Å². The molecule has 0 radical (unpaired) electrons. The summed E-state index contributed by atoms with van der Waals surface area (Å²) in [6.07, 6.45) is 2.86. The lowest BCUT2D eigenvalue weighted by atomic mass is 10.2. The molecule has 1 aromatic heterocycles. The predicted octanol–water partition coefficient (Wildman–Crippen LogP) is -0.523. The second-order valence-corrected chi connectivity index (χ2v) is 3.43. The third-order valence-corrected chi connectivity index (χ3v) is 2.15. The molecule has 0 fully saturated rings. The highest BCUT2D eigenvalue weighted by atomic mass is 16.5. The molecule has 1 heterocycles. The second-order valence-electron chi connectivity index (χ2n) is 3.43. The molecular weight excluding hydrogens is 240 g/mol. The minimum atomic E-state index is -1.08. The number of aromatic nitrogens is 2. The largest absolute Gasteiger partial charge is 0.480 e. The first-order valence-electron chi connectivity index (χ1n) is 5.15. The van der Waals surface area contributed by atoms with Gasteiger partial charge in [0.1, 0.15) is 6.04 Å². The van der Waals surface area contributed by atoms with E-state index in [4.69, 9.17) is 15.6 Å².